The van der Waals surface area contributed by atoms with Gasteiger partial charge in [-0.05, 0) is 54.8 Å². The highest BCUT2D eigenvalue weighted by molar-refractivity contribution is 6.33. The normalized spacial score (nSPS) is 16.8. The van der Waals surface area contributed by atoms with Gasteiger partial charge in [-0.15, -0.1) is 0 Å². The van der Waals surface area contributed by atoms with Crippen LogP contribution in [-0.2, 0) is 0 Å². The first-order valence-corrected chi connectivity index (χ1v) is 9.59. The number of benzene rings is 2. The van der Waals surface area contributed by atoms with E-state index in [1.165, 1.54) is 12.1 Å². The van der Waals surface area contributed by atoms with Crippen molar-refractivity contribution in [2.75, 3.05) is 18.0 Å². The van der Waals surface area contributed by atoms with Crippen LogP contribution in [0.2, 0.25) is 5.02 Å². The lowest BCUT2D eigenvalue weighted by Gasteiger charge is -2.33. The SMILES string of the molecule is O=C(N[C@H]1CCCN(c2cc(-c3ccc(F)cc3)[nH]n2)C1)c1ccccc1Cl. The second kappa shape index (κ2) is 8.02. The van der Waals surface area contributed by atoms with Gasteiger partial charge in [0.1, 0.15) is 5.82 Å². The molecule has 1 aliphatic rings. The molecule has 5 nitrogen and oxygen atoms in total. The van der Waals surface area contributed by atoms with Crippen molar-refractivity contribution in [2.24, 2.45) is 0 Å². The van der Waals surface area contributed by atoms with Crippen LogP contribution in [0.25, 0.3) is 11.3 Å². The van der Waals surface area contributed by atoms with Gasteiger partial charge in [-0.1, -0.05) is 23.7 Å². The summed E-state index contributed by atoms with van der Waals surface area (Å²) in [5.41, 5.74) is 2.19. The second-order valence-electron chi connectivity index (χ2n) is 6.89. The lowest BCUT2D eigenvalue weighted by molar-refractivity contribution is 0.0933. The van der Waals surface area contributed by atoms with Gasteiger partial charge in [-0.2, -0.15) is 5.10 Å². The molecule has 1 aromatic heterocycles. The van der Waals surface area contributed by atoms with Crippen molar-refractivity contribution in [3.63, 3.8) is 0 Å². The minimum atomic E-state index is -0.267. The van der Waals surface area contributed by atoms with Gasteiger partial charge in [0.15, 0.2) is 5.82 Å². The van der Waals surface area contributed by atoms with Crippen molar-refractivity contribution in [1.29, 1.82) is 0 Å². The molecule has 144 valence electrons. The molecule has 1 atom stereocenters. The summed E-state index contributed by atoms with van der Waals surface area (Å²) in [6, 6.07) is 15.3. The van der Waals surface area contributed by atoms with E-state index in [-0.39, 0.29) is 17.8 Å². The molecule has 2 aromatic carbocycles. The number of nitrogens with zero attached hydrogens (tertiary/aromatic N) is 2. The zero-order valence-corrected chi connectivity index (χ0v) is 15.9. The predicted molar refractivity (Wildman–Crippen MR) is 108 cm³/mol. The Hall–Kier alpha value is -2.86. The lowest BCUT2D eigenvalue weighted by atomic mass is 10.0. The molecule has 7 heteroatoms. The van der Waals surface area contributed by atoms with Crippen LogP contribution < -0.4 is 10.2 Å². The third-order valence-corrected chi connectivity index (χ3v) is 5.25. The highest BCUT2D eigenvalue weighted by Gasteiger charge is 2.24. The molecular formula is C21H20ClFN4O. The van der Waals surface area contributed by atoms with Crippen LogP contribution in [0.4, 0.5) is 10.2 Å². The first-order chi connectivity index (χ1) is 13.6. The molecule has 0 aliphatic carbocycles. The Morgan fingerprint density at radius 1 is 1.21 bits per heavy atom. The van der Waals surface area contributed by atoms with Crippen LogP contribution in [0, 0.1) is 5.82 Å². The van der Waals surface area contributed by atoms with Crippen molar-refractivity contribution in [3.8, 4) is 11.3 Å². The summed E-state index contributed by atoms with van der Waals surface area (Å²) in [5.74, 6) is 0.388. The number of H-pyrrole nitrogens is 1. The molecule has 3 aromatic rings. The Kier molecular flexibility index (Phi) is 5.30. The number of rotatable bonds is 4. The van der Waals surface area contributed by atoms with Crippen LogP contribution in [-0.4, -0.2) is 35.2 Å². The molecule has 2 N–H and O–H groups in total. The molecule has 0 spiro atoms. The number of hydrogen-bond donors (Lipinski definition) is 2. The Bertz CT molecular complexity index is 973. The van der Waals surface area contributed by atoms with Crippen molar-refractivity contribution in [1.82, 2.24) is 15.5 Å². The Morgan fingerprint density at radius 3 is 2.79 bits per heavy atom. The van der Waals surface area contributed by atoms with Gasteiger partial charge >= 0.3 is 0 Å². The largest absolute Gasteiger partial charge is 0.353 e. The third-order valence-electron chi connectivity index (χ3n) is 4.92. The molecule has 0 unspecified atom stereocenters. The van der Waals surface area contributed by atoms with Gasteiger partial charge in [-0.25, -0.2) is 4.39 Å². The first kappa shape index (κ1) is 18.5. The zero-order chi connectivity index (χ0) is 19.5. The van der Waals surface area contributed by atoms with E-state index in [1.807, 2.05) is 6.07 Å². The summed E-state index contributed by atoms with van der Waals surface area (Å²) in [5, 5.41) is 10.9. The number of anilines is 1. The van der Waals surface area contributed by atoms with E-state index in [9.17, 15) is 9.18 Å². The number of piperidine rings is 1. The average Bonchev–Trinajstić information content (AvgIpc) is 3.19. The molecule has 0 saturated carbocycles. The molecule has 0 radical (unpaired) electrons. The third kappa shape index (κ3) is 4.02. The van der Waals surface area contributed by atoms with Crippen molar-refractivity contribution >= 4 is 23.3 Å². The van der Waals surface area contributed by atoms with E-state index in [4.69, 9.17) is 11.6 Å². The summed E-state index contributed by atoms with van der Waals surface area (Å²) < 4.78 is 13.1. The van der Waals surface area contributed by atoms with Crippen LogP contribution in [0.15, 0.2) is 54.6 Å². The summed E-state index contributed by atoms with van der Waals surface area (Å²) in [6.45, 7) is 1.54. The number of aromatic amines is 1. The van der Waals surface area contributed by atoms with Gasteiger partial charge < -0.3 is 10.2 Å². The van der Waals surface area contributed by atoms with Gasteiger partial charge in [0.05, 0.1) is 16.3 Å². The number of carbonyl (C=O) groups excluding carboxylic acids is 1. The Morgan fingerprint density at radius 2 is 2.00 bits per heavy atom. The molecule has 1 amide bonds. The van der Waals surface area contributed by atoms with Crippen molar-refractivity contribution in [2.45, 2.75) is 18.9 Å². The van der Waals surface area contributed by atoms with Gasteiger partial charge in [0.25, 0.3) is 5.91 Å². The minimum Gasteiger partial charge on any atom is -0.353 e. The van der Waals surface area contributed by atoms with Gasteiger partial charge in [0, 0.05) is 25.2 Å². The Labute approximate surface area is 167 Å². The van der Waals surface area contributed by atoms with E-state index < -0.39 is 0 Å². The van der Waals surface area contributed by atoms with Crippen LogP contribution in [0.5, 0.6) is 0 Å². The van der Waals surface area contributed by atoms with E-state index in [0.717, 1.165) is 36.5 Å². The smallest absolute Gasteiger partial charge is 0.253 e. The molecule has 1 aliphatic heterocycles. The number of carbonyl (C=O) groups is 1. The zero-order valence-electron chi connectivity index (χ0n) is 15.2. The fourth-order valence-electron chi connectivity index (χ4n) is 3.46. The van der Waals surface area contributed by atoms with E-state index in [1.54, 1.807) is 36.4 Å². The number of aromatic nitrogens is 2. The minimum absolute atomic E-state index is 0.0171. The second-order valence-corrected chi connectivity index (χ2v) is 7.29. The summed E-state index contributed by atoms with van der Waals surface area (Å²) >= 11 is 6.12. The average molecular weight is 399 g/mol. The number of amides is 1. The highest BCUT2D eigenvalue weighted by Crippen LogP contribution is 2.24. The fourth-order valence-corrected chi connectivity index (χ4v) is 3.68. The molecule has 28 heavy (non-hydrogen) atoms. The maximum absolute atomic E-state index is 13.1. The molecule has 1 saturated heterocycles. The van der Waals surface area contributed by atoms with Gasteiger partial charge in [0.2, 0.25) is 0 Å². The fraction of sp³-hybridized carbons (Fsp3) is 0.238. The molecule has 2 heterocycles. The maximum atomic E-state index is 13.1. The molecule has 1 fully saturated rings. The molecule has 0 bridgehead atoms. The van der Waals surface area contributed by atoms with Gasteiger partial charge in [-0.3, -0.25) is 9.89 Å². The number of hydrogen-bond acceptors (Lipinski definition) is 3. The molecular weight excluding hydrogens is 379 g/mol. The van der Waals surface area contributed by atoms with Crippen LogP contribution >= 0.6 is 11.6 Å². The highest BCUT2D eigenvalue weighted by atomic mass is 35.5. The van der Waals surface area contributed by atoms with E-state index in [2.05, 4.69) is 20.4 Å². The van der Waals surface area contributed by atoms with E-state index >= 15 is 0 Å². The first-order valence-electron chi connectivity index (χ1n) is 9.22. The van der Waals surface area contributed by atoms with Crippen molar-refractivity contribution < 1.29 is 9.18 Å². The number of halogens is 2. The Balaban J connectivity index is 1.43. The quantitative estimate of drug-likeness (QED) is 0.690. The standard InChI is InChI=1S/C21H20ClFN4O/c22-18-6-2-1-5-17(18)21(28)24-16-4-3-11-27(13-16)20-12-19(25-26-20)14-7-9-15(23)10-8-14/h1-2,5-10,12,16H,3-4,11,13H2,(H,24,28)(H,25,26)/t16-/m0/s1. The summed E-state index contributed by atoms with van der Waals surface area (Å²) in [4.78, 5) is 14.7. The lowest BCUT2D eigenvalue weighted by Crippen LogP contribution is -2.48. The monoisotopic (exact) mass is 398 g/mol. The van der Waals surface area contributed by atoms with Crippen molar-refractivity contribution in [3.05, 3.63) is 71.0 Å². The molecule has 4 rings (SSSR count). The van der Waals surface area contributed by atoms with Crippen LogP contribution in [0.3, 0.4) is 0 Å². The summed E-state index contributed by atoms with van der Waals surface area (Å²) in [6.07, 6.45) is 1.86. The predicted octanol–water partition coefficient (Wildman–Crippen LogP) is 4.27. The van der Waals surface area contributed by atoms with E-state index in [0.29, 0.717) is 17.1 Å². The topological polar surface area (TPSA) is 61.0 Å². The van der Waals surface area contributed by atoms with Crippen LogP contribution in [0.1, 0.15) is 23.2 Å². The summed E-state index contributed by atoms with van der Waals surface area (Å²) in [7, 11) is 0. The maximum Gasteiger partial charge on any atom is 0.253 e. The number of nitrogens with one attached hydrogen (secondary N) is 2.